The molecule has 0 aromatic heterocycles. The molecule has 0 heterocycles. The van der Waals surface area contributed by atoms with Gasteiger partial charge in [-0.3, -0.25) is 14.9 Å². The molecule has 33 heavy (non-hydrogen) atoms. The number of hydrogen-bond donors (Lipinski definition) is 1. The molecule has 0 atom stereocenters. The number of rotatable bonds is 8. The van der Waals surface area contributed by atoms with Crippen molar-refractivity contribution in [3.8, 4) is 0 Å². The molecule has 3 rings (SSSR count). The number of hydrogen-bond acceptors (Lipinski definition) is 5. The van der Waals surface area contributed by atoms with Gasteiger partial charge in [-0.05, 0) is 49.7 Å². The summed E-state index contributed by atoms with van der Waals surface area (Å²) < 4.78 is 27.8. The van der Waals surface area contributed by atoms with Crippen molar-refractivity contribution in [1.29, 1.82) is 0 Å². The number of amides is 1. The highest BCUT2D eigenvalue weighted by Gasteiger charge is 2.27. The van der Waals surface area contributed by atoms with Gasteiger partial charge in [-0.1, -0.05) is 47.5 Å². The molecule has 8 nitrogen and oxygen atoms in total. The van der Waals surface area contributed by atoms with Gasteiger partial charge in [0.2, 0.25) is 15.9 Å². The summed E-state index contributed by atoms with van der Waals surface area (Å²) in [6, 6.07) is 17.3. The van der Waals surface area contributed by atoms with Crippen molar-refractivity contribution in [1.82, 2.24) is 4.31 Å². The van der Waals surface area contributed by atoms with Gasteiger partial charge in [-0.25, -0.2) is 8.42 Å². The van der Waals surface area contributed by atoms with Gasteiger partial charge in [-0.15, -0.1) is 0 Å². The Labute approximate surface area is 197 Å². The van der Waals surface area contributed by atoms with E-state index in [0.717, 1.165) is 9.87 Å². The maximum Gasteiger partial charge on any atom is 0.274 e. The van der Waals surface area contributed by atoms with Crippen LogP contribution in [0.25, 0.3) is 0 Å². The van der Waals surface area contributed by atoms with Crippen LogP contribution < -0.4 is 5.32 Å². The van der Waals surface area contributed by atoms with Crippen molar-refractivity contribution < 1.29 is 18.1 Å². The number of sulfonamides is 1. The van der Waals surface area contributed by atoms with Crippen LogP contribution in [0.15, 0.2) is 71.6 Å². The highest BCUT2D eigenvalue weighted by molar-refractivity contribution is 7.89. The Hall–Kier alpha value is -3.27. The zero-order chi connectivity index (χ0) is 24.2. The minimum Gasteiger partial charge on any atom is -0.324 e. The average Bonchev–Trinajstić information content (AvgIpc) is 2.75. The number of benzene rings is 3. The van der Waals surface area contributed by atoms with E-state index in [0.29, 0.717) is 10.6 Å². The lowest BCUT2D eigenvalue weighted by Gasteiger charge is -2.22. The lowest BCUT2D eigenvalue weighted by atomic mass is 10.1. The Balaban J connectivity index is 1.91. The summed E-state index contributed by atoms with van der Waals surface area (Å²) in [5, 5.41) is 14.2. The number of nitro benzene ring substituents is 1. The molecule has 0 bridgehead atoms. The predicted molar refractivity (Wildman–Crippen MR) is 127 cm³/mol. The van der Waals surface area contributed by atoms with Gasteiger partial charge in [0, 0.05) is 17.6 Å². The zero-order valence-electron chi connectivity index (χ0n) is 18.0. The molecule has 0 aliphatic carbocycles. The maximum atomic E-state index is 13.4. The second-order valence-electron chi connectivity index (χ2n) is 7.47. The number of aryl methyl sites for hydroxylation is 1. The highest BCUT2D eigenvalue weighted by atomic mass is 35.5. The minimum absolute atomic E-state index is 0.0504. The molecule has 0 radical (unpaired) electrons. The van der Waals surface area contributed by atoms with Crippen LogP contribution >= 0.6 is 11.6 Å². The minimum atomic E-state index is -4.03. The molecule has 0 unspecified atom stereocenters. The van der Waals surface area contributed by atoms with E-state index in [9.17, 15) is 23.3 Å². The molecule has 0 saturated carbocycles. The van der Waals surface area contributed by atoms with E-state index >= 15 is 0 Å². The third-order valence-corrected chi connectivity index (χ3v) is 7.04. The first-order valence-electron chi connectivity index (χ1n) is 9.93. The molecule has 3 aromatic carbocycles. The van der Waals surface area contributed by atoms with E-state index in [1.165, 1.54) is 37.3 Å². The van der Waals surface area contributed by atoms with Crippen molar-refractivity contribution in [2.24, 2.45) is 0 Å². The molecule has 172 valence electrons. The molecule has 0 aliphatic rings. The first-order chi connectivity index (χ1) is 15.6. The summed E-state index contributed by atoms with van der Waals surface area (Å²) in [7, 11) is -4.03. The fourth-order valence-corrected chi connectivity index (χ4v) is 4.83. The van der Waals surface area contributed by atoms with Crippen molar-refractivity contribution >= 4 is 38.9 Å². The average molecular weight is 488 g/mol. The fourth-order valence-electron chi connectivity index (χ4n) is 3.23. The molecule has 0 saturated heterocycles. The summed E-state index contributed by atoms with van der Waals surface area (Å²) in [6.45, 7) is 2.78. The molecule has 1 amide bonds. The number of halogens is 1. The van der Waals surface area contributed by atoms with E-state index in [1.807, 2.05) is 6.92 Å². The van der Waals surface area contributed by atoms with E-state index in [4.69, 9.17) is 11.6 Å². The van der Waals surface area contributed by atoms with E-state index in [1.54, 1.807) is 36.4 Å². The summed E-state index contributed by atoms with van der Waals surface area (Å²) in [4.78, 5) is 23.5. The Kier molecular flexibility index (Phi) is 7.47. The Bertz CT molecular complexity index is 1290. The lowest BCUT2D eigenvalue weighted by Crippen LogP contribution is -2.37. The zero-order valence-corrected chi connectivity index (χ0v) is 19.6. The normalized spacial score (nSPS) is 11.4. The standard InChI is InChI=1S/C23H22ClN3O5S/c1-16-9-11-20(12-10-16)33(31,32)26(14-18-5-3-6-19(24)13-18)15-23(28)25-21-7-4-8-22(17(21)2)27(29)30/h3-13H,14-15H2,1-2H3,(H,25,28). The van der Waals surface area contributed by atoms with Crippen LogP contribution in [0, 0.1) is 24.0 Å². The van der Waals surface area contributed by atoms with Crippen molar-refractivity contribution in [3.05, 3.63) is 98.6 Å². The molecule has 3 aromatic rings. The quantitative estimate of drug-likeness (QED) is 0.366. The lowest BCUT2D eigenvalue weighted by molar-refractivity contribution is -0.385. The van der Waals surface area contributed by atoms with E-state index in [2.05, 4.69) is 5.32 Å². The summed E-state index contributed by atoms with van der Waals surface area (Å²) in [5.41, 5.74) is 1.88. The van der Waals surface area contributed by atoms with Crippen LogP contribution in [0.4, 0.5) is 11.4 Å². The monoisotopic (exact) mass is 487 g/mol. The number of nitrogens with one attached hydrogen (secondary N) is 1. The first-order valence-corrected chi connectivity index (χ1v) is 11.7. The van der Waals surface area contributed by atoms with Crippen LogP contribution in [-0.4, -0.2) is 30.1 Å². The maximum absolute atomic E-state index is 13.4. The molecular weight excluding hydrogens is 466 g/mol. The van der Waals surface area contributed by atoms with Gasteiger partial charge in [0.1, 0.15) is 0 Å². The van der Waals surface area contributed by atoms with Crippen LogP contribution in [0.5, 0.6) is 0 Å². The van der Waals surface area contributed by atoms with E-state index in [-0.39, 0.29) is 28.4 Å². The number of carbonyl (C=O) groups excluding carboxylic acids is 1. The smallest absolute Gasteiger partial charge is 0.274 e. The molecular formula is C23H22ClN3O5S. The summed E-state index contributed by atoms with van der Waals surface area (Å²) in [5.74, 6) is -0.628. The summed E-state index contributed by atoms with van der Waals surface area (Å²) >= 11 is 6.05. The van der Waals surface area contributed by atoms with Crippen molar-refractivity contribution in [3.63, 3.8) is 0 Å². The second kappa shape index (κ2) is 10.1. The second-order valence-corrected chi connectivity index (χ2v) is 9.85. The van der Waals surface area contributed by atoms with E-state index < -0.39 is 27.4 Å². The Morgan fingerprint density at radius 3 is 2.36 bits per heavy atom. The third-order valence-electron chi connectivity index (χ3n) is 5.00. The number of nitro groups is 1. The van der Waals surface area contributed by atoms with Crippen molar-refractivity contribution in [2.75, 3.05) is 11.9 Å². The first kappa shape index (κ1) is 24.4. The van der Waals surface area contributed by atoms with Gasteiger partial charge in [-0.2, -0.15) is 4.31 Å². The van der Waals surface area contributed by atoms with Gasteiger partial charge in [0.15, 0.2) is 0 Å². The topological polar surface area (TPSA) is 110 Å². The summed E-state index contributed by atoms with van der Waals surface area (Å²) in [6.07, 6.45) is 0. The molecule has 0 fully saturated rings. The van der Waals surface area contributed by atoms with Crippen LogP contribution in [0.2, 0.25) is 5.02 Å². The van der Waals surface area contributed by atoms with Crippen LogP contribution in [0.3, 0.4) is 0 Å². The number of anilines is 1. The number of carbonyl (C=O) groups is 1. The van der Waals surface area contributed by atoms with Gasteiger partial charge < -0.3 is 5.32 Å². The predicted octanol–water partition coefficient (Wildman–Crippen LogP) is 4.69. The van der Waals surface area contributed by atoms with Crippen molar-refractivity contribution in [2.45, 2.75) is 25.3 Å². The Morgan fingerprint density at radius 2 is 1.73 bits per heavy atom. The Morgan fingerprint density at radius 1 is 1.06 bits per heavy atom. The molecule has 0 spiro atoms. The SMILES string of the molecule is Cc1ccc(S(=O)(=O)N(CC(=O)Nc2cccc([N+](=O)[O-])c2C)Cc2cccc(Cl)c2)cc1. The molecule has 1 N–H and O–H groups in total. The van der Waals surface area contributed by atoms with Crippen LogP contribution in [0.1, 0.15) is 16.7 Å². The molecule has 0 aliphatic heterocycles. The fraction of sp³-hybridized carbons (Fsp3) is 0.174. The van der Waals surface area contributed by atoms with Gasteiger partial charge in [0.25, 0.3) is 5.69 Å². The number of nitrogens with zero attached hydrogens (tertiary/aromatic N) is 2. The third kappa shape index (κ3) is 5.95. The molecule has 10 heteroatoms. The largest absolute Gasteiger partial charge is 0.324 e. The van der Waals surface area contributed by atoms with Crippen LogP contribution in [-0.2, 0) is 21.4 Å². The highest BCUT2D eigenvalue weighted by Crippen LogP contribution is 2.26. The van der Waals surface area contributed by atoms with Gasteiger partial charge >= 0.3 is 0 Å². The van der Waals surface area contributed by atoms with Gasteiger partial charge in [0.05, 0.1) is 27.6 Å².